The molecular formula is C11H22O3S. The fourth-order valence-corrected chi connectivity index (χ4v) is 1.59. The van der Waals surface area contributed by atoms with Gasteiger partial charge < -0.3 is 9.84 Å². The van der Waals surface area contributed by atoms with E-state index in [4.69, 9.17) is 5.11 Å². The van der Waals surface area contributed by atoms with Crippen LogP contribution in [0.2, 0.25) is 0 Å². The lowest BCUT2D eigenvalue weighted by molar-refractivity contribution is 0.0899. The van der Waals surface area contributed by atoms with Crippen LogP contribution in [0.4, 0.5) is 4.79 Å². The first-order chi connectivity index (χ1) is 7.13. The van der Waals surface area contributed by atoms with E-state index >= 15 is 0 Å². The highest BCUT2D eigenvalue weighted by Gasteiger charge is 1.97. The summed E-state index contributed by atoms with van der Waals surface area (Å²) < 4.78 is 4.41. The maximum atomic E-state index is 10.0. The monoisotopic (exact) mass is 234 g/mol. The van der Waals surface area contributed by atoms with Crippen LogP contribution in [0.3, 0.4) is 0 Å². The van der Waals surface area contributed by atoms with Gasteiger partial charge in [0.2, 0.25) is 0 Å². The number of carbonyl (C=O) groups is 1. The Bertz CT molecular complexity index is 160. The summed E-state index contributed by atoms with van der Waals surface area (Å²) in [4.78, 5) is 10.0. The number of carboxylic acid groups (broad SMARTS) is 1. The average molecular weight is 234 g/mol. The van der Waals surface area contributed by atoms with Crippen LogP contribution in [0.5, 0.6) is 0 Å². The van der Waals surface area contributed by atoms with Crippen molar-refractivity contribution in [3.63, 3.8) is 0 Å². The molecule has 1 atom stereocenters. The van der Waals surface area contributed by atoms with Gasteiger partial charge in [0, 0.05) is 0 Å². The molecule has 15 heavy (non-hydrogen) atoms. The number of hydrogen-bond donors (Lipinski definition) is 2. The lowest BCUT2D eigenvalue weighted by Crippen LogP contribution is -2.01. The van der Waals surface area contributed by atoms with E-state index in [0.29, 0.717) is 11.9 Å². The normalized spacial score (nSPS) is 12.4. The van der Waals surface area contributed by atoms with Crippen LogP contribution in [-0.2, 0) is 4.74 Å². The van der Waals surface area contributed by atoms with Crippen molar-refractivity contribution in [2.24, 2.45) is 0 Å². The summed E-state index contributed by atoms with van der Waals surface area (Å²) in [6, 6.07) is 0. The van der Waals surface area contributed by atoms with E-state index in [1.807, 2.05) is 0 Å². The molecule has 0 aromatic carbocycles. The second kappa shape index (κ2) is 10.1. The molecule has 3 nitrogen and oxygen atoms in total. The first-order valence-electron chi connectivity index (χ1n) is 5.66. The smallest absolute Gasteiger partial charge is 0.450 e. The fraction of sp³-hybridized carbons (Fsp3) is 0.909. The van der Waals surface area contributed by atoms with Gasteiger partial charge in [-0.1, -0.05) is 39.0 Å². The van der Waals surface area contributed by atoms with Gasteiger partial charge in [-0.2, -0.15) is 12.6 Å². The molecule has 0 aliphatic carbocycles. The van der Waals surface area contributed by atoms with Gasteiger partial charge in [0.05, 0.1) is 6.61 Å². The molecule has 0 aliphatic heterocycles. The molecular weight excluding hydrogens is 212 g/mol. The van der Waals surface area contributed by atoms with Crippen molar-refractivity contribution in [3.8, 4) is 0 Å². The summed E-state index contributed by atoms with van der Waals surface area (Å²) in [5.74, 6) is 0. The van der Waals surface area contributed by atoms with Crippen molar-refractivity contribution in [3.05, 3.63) is 0 Å². The van der Waals surface area contributed by atoms with Crippen molar-refractivity contribution >= 4 is 18.8 Å². The summed E-state index contributed by atoms with van der Waals surface area (Å²) in [6.45, 7) is 2.45. The van der Waals surface area contributed by atoms with E-state index in [0.717, 1.165) is 12.8 Å². The van der Waals surface area contributed by atoms with Gasteiger partial charge in [-0.05, 0) is 18.1 Å². The first-order valence-corrected chi connectivity index (χ1v) is 6.18. The molecule has 90 valence electrons. The Balaban J connectivity index is 2.96. The van der Waals surface area contributed by atoms with Gasteiger partial charge in [0.15, 0.2) is 0 Å². The molecule has 0 fully saturated rings. The molecule has 0 heterocycles. The summed E-state index contributed by atoms with van der Waals surface area (Å²) in [6.07, 6.45) is 6.82. The SMILES string of the molecule is CC(S)CCCCCCCCOC(=O)O. The molecule has 0 rings (SSSR count). The van der Waals surface area contributed by atoms with Crippen LogP contribution >= 0.6 is 12.6 Å². The van der Waals surface area contributed by atoms with Crippen molar-refractivity contribution in [2.75, 3.05) is 6.61 Å². The lowest BCUT2D eigenvalue weighted by Gasteiger charge is -2.03. The summed E-state index contributed by atoms with van der Waals surface area (Å²) in [7, 11) is 0. The third-order valence-electron chi connectivity index (χ3n) is 2.24. The van der Waals surface area contributed by atoms with Crippen LogP contribution in [0.15, 0.2) is 0 Å². The third kappa shape index (κ3) is 13.6. The molecule has 0 saturated heterocycles. The topological polar surface area (TPSA) is 46.5 Å². The predicted octanol–water partition coefficient (Wildman–Crippen LogP) is 3.73. The van der Waals surface area contributed by atoms with Gasteiger partial charge in [-0.15, -0.1) is 0 Å². The van der Waals surface area contributed by atoms with Gasteiger partial charge in [-0.25, -0.2) is 4.79 Å². The number of thiol groups is 1. The molecule has 1 N–H and O–H groups in total. The maximum absolute atomic E-state index is 10.0. The molecule has 4 heteroatoms. The van der Waals surface area contributed by atoms with E-state index in [2.05, 4.69) is 24.3 Å². The minimum absolute atomic E-state index is 0.336. The van der Waals surface area contributed by atoms with E-state index < -0.39 is 6.16 Å². The van der Waals surface area contributed by atoms with E-state index in [1.54, 1.807) is 0 Å². The maximum Gasteiger partial charge on any atom is 0.505 e. The number of hydrogen-bond acceptors (Lipinski definition) is 3. The highest BCUT2D eigenvalue weighted by Crippen LogP contribution is 2.10. The van der Waals surface area contributed by atoms with Crippen molar-refractivity contribution in [1.82, 2.24) is 0 Å². The number of rotatable bonds is 9. The predicted molar refractivity (Wildman–Crippen MR) is 64.7 cm³/mol. The van der Waals surface area contributed by atoms with E-state index in [9.17, 15) is 4.79 Å². The Kier molecular flexibility index (Phi) is 9.89. The minimum Gasteiger partial charge on any atom is -0.450 e. The van der Waals surface area contributed by atoms with Crippen LogP contribution in [0, 0.1) is 0 Å². The highest BCUT2D eigenvalue weighted by atomic mass is 32.1. The van der Waals surface area contributed by atoms with Crippen LogP contribution in [0.1, 0.15) is 51.9 Å². The van der Waals surface area contributed by atoms with Crippen molar-refractivity contribution < 1.29 is 14.6 Å². The molecule has 0 aliphatic rings. The largest absolute Gasteiger partial charge is 0.505 e. The number of ether oxygens (including phenoxy) is 1. The molecule has 0 saturated carbocycles. The van der Waals surface area contributed by atoms with Gasteiger partial charge in [0.1, 0.15) is 0 Å². The average Bonchev–Trinajstić information content (AvgIpc) is 2.14. The molecule has 0 bridgehead atoms. The zero-order chi connectivity index (χ0) is 11.5. The number of unbranched alkanes of at least 4 members (excludes halogenated alkanes) is 5. The Morgan fingerprint density at radius 1 is 1.20 bits per heavy atom. The van der Waals surface area contributed by atoms with Crippen LogP contribution < -0.4 is 0 Å². The zero-order valence-electron chi connectivity index (χ0n) is 9.45. The summed E-state index contributed by atoms with van der Waals surface area (Å²) >= 11 is 4.32. The molecule has 1 unspecified atom stereocenters. The Morgan fingerprint density at radius 3 is 2.27 bits per heavy atom. The molecule has 0 aromatic heterocycles. The Labute approximate surface area is 97.6 Å². The fourth-order valence-electron chi connectivity index (χ4n) is 1.41. The van der Waals surface area contributed by atoms with Crippen molar-refractivity contribution in [2.45, 2.75) is 57.1 Å². The van der Waals surface area contributed by atoms with Gasteiger partial charge in [-0.3, -0.25) is 0 Å². The molecule has 0 amide bonds. The lowest BCUT2D eigenvalue weighted by atomic mass is 10.1. The Morgan fingerprint density at radius 2 is 1.73 bits per heavy atom. The quantitative estimate of drug-likeness (QED) is 0.363. The first kappa shape index (κ1) is 14.6. The molecule has 0 radical (unpaired) electrons. The van der Waals surface area contributed by atoms with Gasteiger partial charge >= 0.3 is 6.16 Å². The summed E-state index contributed by atoms with van der Waals surface area (Å²) in [5, 5.41) is 8.72. The highest BCUT2D eigenvalue weighted by molar-refractivity contribution is 7.80. The second-order valence-electron chi connectivity index (χ2n) is 3.87. The molecule has 0 aromatic rings. The zero-order valence-corrected chi connectivity index (χ0v) is 10.3. The summed E-state index contributed by atoms with van der Waals surface area (Å²) in [5.41, 5.74) is 0. The van der Waals surface area contributed by atoms with Crippen LogP contribution in [-0.4, -0.2) is 23.1 Å². The van der Waals surface area contributed by atoms with E-state index in [-0.39, 0.29) is 0 Å². The standard InChI is InChI=1S/C11H22O3S/c1-10(15)8-6-4-2-3-5-7-9-14-11(12)13/h10,15H,2-9H2,1H3,(H,12,13). The third-order valence-corrected chi connectivity index (χ3v) is 2.50. The van der Waals surface area contributed by atoms with Crippen molar-refractivity contribution in [1.29, 1.82) is 0 Å². The van der Waals surface area contributed by atoms with Gasteiger partial charge in [0.25, 0.3) is 0 Å². The van der Waals surface area contributed by atoms with Crippen LogP contribution in [0.25, 0.3) is 0 Å². The Hall–Kier alpha value is -0.380. The van der Waals surface area contributed by atoms with E-state index in [1.165, 1.54) is 32.1 Å². The molecule has 0 spiro atoms. The minimum atomic E-state index is -1.17. The second-order valence-corrected chi connectivity index (χ2v) is 4.75.